The molecule has 314 valence electrons. The van der Waals surface area contributed by atoms with E-state index in [0.29, 0.717) is 24.9 Å². The Balaban J connectivity index is 1.14. The lowest BCUT2D eigenvalue weighted by Gasteiger charge is -2.33. The van der Waals surface area contributed by atoms with E-state index >= 15 is 0 Å². The lowest BCUT2D eigenvalue weighted by Crippen LogP contribution is -2.52. The van der Waals surface area contributed by atoms with Gasteiger partial charge in [0.1, 0.15) is 29.2 Å². The third-order valence-corrected chi connectivity index (χ3v) is 11.5. The van der Waals surface area contributed by atoms with Gasteiger partial charge in [0.15, 0.2) is 0 Å². The highest BCUT2D eigenvalue weighted by molar-refractivity contribution is 5.92. The summed E-state index contributed by atoms with van der Waals surface area (Å²) in [4.78, 5) is 44.4. The monoisotopic (exact) mass is 812 g/mol. The molecule has 3 aromatic heterocycles. The zero-order chi connectivity index (χ0) is 42.1. The van der Waals surface area contributed by atoms with E-state index in [1.165, 1.54) is 7.11 Å². The Bertz CT molecular complexity index is 2480. The molecule has 0 spiro atoms. The molecular formula is C47H56N8O5. The van der Waals surface area contributed by atoms with Gasteiger partial charge in [0.25, 0.3) is 0 Å². The van der Waals surface area contributed by atoms with Gasteiger partial charge in [-0.15, -0.1) is 0 Å². The van der Waals surface area contributed by atoms with Gasteiger partial charge in [-0.3, -0.25) is 4.79 Å². The Hall–Kier alpha value is -6.08. The molecule has 2 amide bonds. The van der Waals surface area contributed by atoms with Crippen LogP contribution in [0.5, 0.6) is 11.5 Å². The minimum Gasteiger partial charge on any atom is -0.493 e. The minimum atomic E-state index is -0.735. The van der Waals surface area contributed by atoms with Crippen molar-refractivity contribution in [3.63, 3.8) is 0 Å². The van der Waals surface area contributed by atoms with Gasteiger partial charge in [0, 0.05) is 34.2 Å². The smallest absolute Gasteiger partial charge is 0.407 e. The van der Waals surface area contributed by atoms with Crippen LogP contribution in [-0.4, -0.2) is 74.3 Å². The molecule has 5 heterocycles. The number of alkyl carbamates (subject to hydrolysis) is 1. The number of hydrogen-bond acceptors (Lipinski definition) is 8. The molecule has 2 aliphatic heterocycles. The topological polar surface area (TPSA) is 151 Å². The molecule has 2 aliphatic rings. The standard InChI is InChI=1S/C47H56N8O5/c1-8-19-54(45(56)42(28(4)5)53-47(57)58-7)29(6)43-49-24-37(51-43)30-15-17-39-33(20-30)22-40-35-16-14-31(38-25-50-44(52-38)36-13-10-18-48-36)23-41(35)60-46(55(39)40)32-11-9-12-34(21-32)59-26-27(2)3/h9,11-12,14-17,20-25,27-29,36,42,46,48H,8,10,13,18-19,26H2,1-7H3,(H,49,51)(H,50,52)(H,53,57). The van der Waals surface area contributed by atoms with Crippen molar-refractivity contribution in [2.45, 2.75) is 85.2 Å². The predicted octanol–water partition coefficient (Wildman–Crippen LogP) is 9.17. The molecule has 8 rings (SSSR count). The molecule has 0 aliphatic carbocycles. The molecule has 4 N–H and O–H groups in total. The van der Waals surface area contributed by atoms with Crippen molar-refractivity contribution in [3.05, 3.63) is 96.3 Å². The fraction of sp³-hybridized carbons (Fsp3) is 0.404. The quantitative estimate of drug-likeness (QED) is 0.0851. The lowest BCUT2D eigenvalue weighted by molar-refractivity contribution is -0.136. The summed E-state index contributed by atoms with van der Waals surface area (Å²) in [5, 5.41) is 7.31. The molecule has 3 aromatic carbocycles. The number of hydrogen-bond donors (Lipinski definition) is 4. The van der Waals surface area contributed by atoms with Crippen LogP contribution in [0.3, 0.4) is 0 Å². The summed E-state index contributed by atoms with van der Waals surface area (Å²) >= 11 is 0. The van der Waals surface area contributed by atoms with Crippen LogP contribution >= 0.6 is 0 Å². The first-order valence-electron chi connectivity index (χ1n) is 21.2. The van der Waals surface area contributed by atoms with Crippen LogP contribution in [0, 0.1) is 11.8 Å². The van der Waals surface area contributed by atoms with E-state index in [2.05, 4.69) is 93.6 Å². The number of ether oxygens (including phenoxy) is 3. The van der Waals surface area contributed by atoms with Gasteiger partial charge in [-0.25, -0.2) is 14.8 Å². The Morgan fingerprint density at radius 2 is 1.75 bits per heavy atom. The van der Waals surface area contributed by atoms with E-state index in [0.717, 1.165) is 93.4 Å². The summed E-state index contributed by atoms with van der Waals surface area (Å²) in [6.07, 6.45) is 5.60. The number of aromatic nitrogens is 5. The van der Waals surface area contributed by atoms with Gasteiger partial charge in [0.05, 0.1) is 60.8 Å². The van der Waals surface area contributed by atoms with Gasteiger partial charge < -0.3 is 44.3 Å². The highest BCUT2D eigenvalue weighted by Crippen LogP contribution is 2.46. The maximum atomic E-state index is 13.9. The Morgan fingerprint density at radius 3 is 2.50 bits per heavy atom. The molecule has 0 radical (unpaired) electrons. The van der Waals surface area contributed by atoms with E-state index in [9.17, 15) is 9.59 Å². The Labute approximate surface area is 351 Å². The van der Waals surface area contributed by atoms with Gasteiger partial charge in [-0.05, 0) is 87.0 Å². The van der Waals surface area contributed by atoms with Crippen molar-refractivity contribution in [2.75, 3.05) is 26.8 Å². The lowest BCUT2D eigenvalue weighted by atomic mass is 10.0. The Kier molecular flexibility index (Phi) is 11.7. The fourth-order valence-corrected chi connectivity index (χ4v) is 8.31. The average Bonchev–Trinajstić information content (AvgIpc) is 4.09. The largest absolute Gasteiger partial charge is 0.493 e. The number of imidazole rings is 2. The number of nitrogens with zero attached hydrogens (tertiary/aromatic N) is 4. The number of H-pyrrole nitrogens is 2. The van der Waals surface area contributed by atoms with Crippen LogP contribution in [0.2, 0.25) is 0 Å². The number of fused-ring (bicyclic) bond motifs is 5. The molecule has 4 unspecified atom stereocenters. The highest BCUT2D eigenvalue weighted by atomic mass is 16.5. The average molecular weight is 813 g/mol. The third-order valence-electron chi connectivity index (χ3n) is 11.5. The van der Waals surface area contributed by atoms with Gasteiger partial charge in [-0.1, -0.05) is 58.9 Å². The number of methoxy groups -OCH3 is 1. The van der Waals surface area contributed by atoms with E-state index in [1.807, 2.05) is 52.2 Å². The second-order valence-electron chi connectivity index (χ2n) is 16.7. The van der Waals surface area contributed by atoms with Gasteiger partial charge >= 0.3 is 6.09 Å². The number of amides is 2. The number of carbonyl (C=O) groups excluding carboxylic acids is 2. The van der Waals surface area contributed by atoms with Crippen molar-refractivity contribution in [1.29, 1.82) is 0 Å². The summed E-state index contributed by atoms with van der Waals surface area (Å²) in [7, 11) is 1.30. The molecule has 13 heteroatoms. The number of nitrogens with one attached hydrogen (secondary N) is 4. The normalized spacial score (nSPS) is 16.9. The Morgan fingerprint density at radius 1 is 0.967 bits per heavy atom. The first kappa shape index (κ1) is 40.7. The van der Waals surface area contributed by atoms with Crippen LogP contribution in [0.4, 0.5) is 4.79 Å². The predicted molar refractivity (Wildman–Crippen MR) is 233 cm³/mol. The summed E-state index contributed by atoms with van der Waals surface area (Å²) in [5.74, 6) is 3.29. The number of benzene rings is 3. The molecule has 6 aromatic rings. The second-order valence-corrected chi connectivity index (χ2v) is 16.7. The van der Waals surface area contributed by atoms with Crippen LogP contribution < -0.4 is 20.1 Å². The van der Waals surface area contributed by atoms with Crippen LogP contribution in [-0.2, 0) is 9.53 Å². The minimum absolute atomic E-state index is 0.139. The molecule has 4 atom stereocenters. The maximum Gasteiger partial charge on any atom is 0.407 e. The molecule has 13 nitrogen and oxygen atoms in total. The number of carbonyl (C=O) groups is 2. The molecule has 60 heavy (non-hydrogen) atoms. The molecule has 0 saturated carbocycles. The van der Waals surface area contributed by atoms with Crippen molar-refractivity contribution in [1.82, 2.24) is 40.0 Å². The highest BCUT2D eigenvalue weighted by Gasteiger charge is 2.33. The summed E-state index contributed by atoms with van der Waals surface area (Å²) in [6, 6.07) is 22.3. The third kappa shape index (κ3) is 8.10. The van der Waals surface area contributed by atoms with E-state index in [1.54, 1.807) is 4.90 Å². The maximum absolute atomic E-state index is 13.9. The first-order valence-corrected chi connectivity index (χ1v) is 21.2. The van der Waals surface area contributed by atoms with Crippen molar-refractivity contribution in [3.8, 4) is 45.3 Å². The van der Waals surface area contributed by atoms with E-state index in [-0.39, 0.29) is 23.9 Å². The molecule has 1 saturated heterocycles. The van der Waals surface area contributed by atoms with Gasteiger partial charge in [0.2, 0.25) is 12.1 Å². The molecule has 1 fully saturated rings. The second kappa shape index (κ2) is 17.3. The van der Waals surface area contributed by atoms with Crippen molar-refractivity contribution in [2.24, 2.45) is 11.8 Å². The summed E-state index contributed by atoms with van der Waals surface area (Å²) in [6.45, 7) is 14.2. The summed E-state index contributed by atoms with van der Waals surface area (Å²) in [5.41, 5.74) is 7.79. The zero-order valence-electron chi connectivity index (χ0n) is 35.5. The first-order chi connectivity index (χ1) is 29.0. The van der Waals surface area contributed by atoms with Crippen LogP contribution in [0.15, 0.2) is 79.1 Å². The zero-order valence-corrected chi connectivity index (χ0v) is 35.5. The summed E-state index contributed by atoms with van der Waals surface area (Å²) < 4.78 is 20.3. The van der Waals surface area contributed by atoms with Crippen molar-refractivity contribution >= 4 is 22.9 Å². The number of rotatable bonds is 14. The number of aromatic amines is 2. The fourth-order valence-electron chi connectivity index (χ4n) is 8.31. The van der Waals surface area contributed by atoms with Gasteiger partial charge in [-0.2, -0.15) is 0 Å². The van der Waals surface area contributed by atoms with Crippen LogP contribution in [0.25, 0.3) is 44.7 Å². The van der Waals surface area contributed by atoms with E-state index in [4.69, 9.17) is 24.2 Å². The van der Waals surface area contributed by atoms with E-state index < -0.39 is 18.4 Å². The molecular weight excluding hydrogens is 757 g/mol. The molecule has 0 bridgehead atoms. The van der Waals surface area contributed by atoms with Crippen LogP contribution in [0.1, 0.15) is 96.3 Å². The van der Waals surface area contributed by atoms with Crippen molar-refractivity contribution < 1.29 is 23.8 Å². The SMILES string of the molecule is CCCN(C(=O)C(NC(=O)OC)C(C)C)C(C)c1ncc(-c2ccc3c(c2)cc2n3C(c3cccc(OCC(C)C)c3)Oc3cc(-c4cnc(C5CCCN5)[nH]4)ccc3-2)[nH]1.